The van der Waals surface area contributed by atoms with Gasteiger partial charge in [-0.1, -0.05) is 72.8 Å². The van der Waals surface area contributed by atoms with Crippen LogP contribution in [0.15, 0.2) is 97.3 Å². The molecule has 4 rings (SSSR count). The summed E-state index contributed by atoms with van der Waals surface area (Å²) >= 11 is 0. The lowest BCUT2D eigenvalue weighted by Crippen LogP contribution is -1.98. The third-order valence-electron chi connectivity index (χ3n) is 4.64. The van der Waals surface area contributed by atoms with Crippen molar-refractivity contribution in [3.63, 3.8) is 0 Å². The van der Waals surface area contributed by atoms with E-state index in [2.05, 4.69) is 82.8 Å². The first kappa shape index (κ1) is 17.2. The van der Waals surface area contributed by atoms with Crippen LogP contribution in [-0.2, 0) is 19.3 Å². The number of benzene rings is 2. The van der Waals surface area contributed by atoms with Crippen molar-refractivity contribution in [1.29, 1.82) is 0 Å². The molecule has 132 valence electrons. The van der Waals surface area contributed by atoms with Crippen molar-refractivity contribution in [2.45, 2.75) is 19.3 Å². The van der Waals surface area contributed by atoms with Crippen LogP contribution in [0.5, 0.6) is 0 Å². The molecule has 0 atom stereocenters. The number of pyridine rings is 2. The summed E-state index contributed by atoms with van der Waals surface area (Å²) in [6.45, 7) is 0. The molecule has 4 aromatic rings. The van der Waals surface area contributed by atoms with Crippen molar-refractivity contribution >= 4 is 0 Å². The molecule has 2 heteroatoms. The van der Waals surface area contributed by atoms with E-state index in [1.54, 1.807) is 0 Å². The van der Waals surface area contributed by atoms with Gasteiger partial charge in [0.05, 0.1) is 0 Å². The van der Waals surface area contributed by atoms with E-state index in [0.717, 1.165) is 30.7 Å². The highest BCUT2D eigenvalue weighted by molar-refractivity contribution is 5.28. The van der Waals surface area contributed by atoms with Crippen LogP contribution in [0.3, 0.4) is 0 Å². The lowest BCUT2D eigenvalue weighted by molar-refractivity contribution is 0.987. The van der Waals surface area contributed by atoms with Crippen LogP contribution in [-0.4, -0.2) is 9.97 Å². The third kappa shape index (κ3) is 4.89. The van der Waals surface area contributed by atoms with Crippen LogP contribution in [0.25, 0.3) is 0 Å². The van der Waals surface area contributed by atoms with Crippen molar-refractivity contribution in [2.24, 2.45) is 0 Å². The second kappa shape index (κ2) is 8.41. The van der Waals surface area contributed by atoms with E-state index in [-0.39, 0.29) is 0 Å². The molecule has 0 aliphatic heterocycles. The topological polar surface area (TPSA) is 25.8 Å². The first-order valence-electron chi connectivity index (χ1n) is 9.31. The molecule has 2 nitrogen and oxygen atoms in total. The van der Waals surface area contributed by atoms with Crippen LogP contribution in [0.2, 0.25) is 0 Å². The Morgan fingerprint density at radius 2 is 0.852 bits per heavy atom. The number of hydrogen-bond acceptors (Lipinski definition) is 2. The van der Waals surface area contributed by atoms with Gasteiger partial charge in [-0.25, -0.2) is 0 Å². The molecule has 0 amide bonds. The van der Waals surface area contributed by atoms with Crippen molar-refractivity contribution in [2.75, 3.05) is 0 Å². The molecule has 0 saturated heterocycles. The SMILES string of the molecule is c1ccc(Cc2ccc(Cc3ccc(Cc4ccccc4)cn3)nc2)cc1. The predicted molar refractivity (Wildman–Crippen MR) is 110 cm³/mol. The van der Waals surface area contributed by atoms with Gasteiger partial charge in [0.1, 0.15) is 0 Å². The number of nitrogens with zero attached hydrogens (tertiary/aromatic N) is 2. The Labute approximate surface area is 160 Å². The number of rotatable bonds is 6. The van der Waals surface area contributed by atoms with E-state index in [0.29, 0.717) is 0 Å². The normalized spacial score (nSPS) is 10.7. The van der Waals surface area contributed by atoms with Gasteiger partial charge >= 0.3 is 0 Å². The van der Waals surface area contributed by atoms with Gasteiger partial charge in [0.15, 0.2) is 0 Å². The van der Waals surface area contributed by atoms with Crippen LogP contribution >= 0.6 is 0 Å². The first-order valence-corrected chi connectivity index (χ1v) is 9.31. The molecule has 2 aromatic heterocycles. The van der Waals surface area contributed by atoms with E-state index in [4.69, 9.17) is 0 Å². The van der Waals surface area contributed by atoms with Crippen LogP contribution in [0.4, 0.5) is 0 Å². The molecule has 0 aliphatic carbocycles. The minimum atomic E-state index is 0.761. The van der Waals surface area contributed by atoms with Crippen molar-refractivity contribution in [1.82, 2.24) is 9.97 Å². The fraction of sp³-hybridized carbons (Fsp3) is 0.120. The Bertz CT molecular complexity index is 877. The molecule has 0 bridgehead atoms. The van der Waals surface area contributed by atoms with E-state index >= 15 is 0 Å². The number of aromatic nitrogens is 2. The maximum Gasteiger partial charge on any atom is 0.0463 e. The Hall–Kier alpha value is -3.26. The second-order valence-corrected chi connectivity index (χ2v) is 6.82. The molecule has 0 radical (unpaired) electrons. The highest BCUT2D eigenvalue weighted by Crippen LogP contribution is 2.13. The lowest BCUT2D eigenvalue weighted by Gasteiger charge is -2.06. The first-order chi connectivity index (χ1) is 13.3. The molecular weight excluding hydrogens is 328 g/mol. The van der Waals surface area contributed by atoms with Gasteiger partial charge in [0, 0.05) is 30.2 Å². The molecule has 0 aliphatic rings. The Morgan fingerprint density at radius 1 is 0.407 bits per heavy atom. The van der Waals surface area contributed by atoms with Crippen molar-refractivity contribution in [3.05, 3.63) is 131 Å². The minimum absolute atomic E-state index is 0.761. The predicted octanol–water partition coefficient (Wildman–Crippen LogP) is 5.25. The molecule has 0 fully saturated rings. The zero-order valence-electron chi connectivity index (χ0n) is 15.3. The number of hydrogen-bond donors (Lipinski definition) is 0. The van der Waals surface area contributed by atoms with Crippen LogP contribution in [0, 0.1) is 0 Å². The molecule has 0 spiro atoms. The zero-order valence-corrected chi connectivity index (χ0v) is 15.3. The Kier molecular flexibility index (Phi) is 5.35. The fourth-order valence-electron chi connectivity index (χ4n) is 3.18. The Balaban J connectivity index is 1.37. The largest absolute Gasteiger partial charge is 0.261 e. The average molecular weight is 350 g/mol. The van der Waals surface area contributed by atoms with Gasteiger partial charge in [-0.2, -0.15) is 0 Å². The van der Waals surface area contributed by atoms with E-state index in [1.807, 2.05) is 24.5 Å². The fourth-order valence-corrected chi connectivity index (χ4v) is 3.18. The third-order valence-corrected chi connectivity index (χ3v) is 4.64. The summed E-state index contributed by atoms with van der Waals surface area (Å²) < 4.78 is 0. The maximum atomic E-state index is 4.62. The smallest absolute Gasteiger partial charge is 0.0463 e. The quantitative estimate of drug-likeness (QED) is 0.475. The van der Waals surface area contributed by atoms with Gasteiger partial charge in [-0.3, -0.25) is 9.97 Å². The maximum absolute atomic E-state index is 4.62. The van der Waals surface area contributed by atoms with Gasteiger partial charge in [-0.05, 0) is 47.2 Å². The zero-order chi connectivity index (χ0) is 18.3. The highest BCUT2D eigenvalue weighted by atomic mass is 14.7. The molecule has 0 saturated carbocycles. The molecule has 0 unspecified atom stereocenters. The molecule has 27 heavy (non-hydrogen) atoms. The highest BCUT2D eigenvalue weighted by Gasteiger charge is 2.02. The van der Waals surface area contributed by atoms with Gasteiger partial charge in [-0.15, -0.1) is 0 Å². The summed E-state index contributed by atoms with van der Waals surface area (Å²) in [5, 5.41) is 0. The summed E-state index contributed by atoms with van der Waals surface area (Å²) in [5.41, 5.74) is 7.18. The lowest BCUT2D eigenvalue weighted by atomic mass is 10.1. The van der Waals surface area contributed by atoms with Crippen molar-refractivity contribution < 1.29 is 0 Å². The molecular formula is C25H22N2. The molecule has 2 aromatic carbocycles. The van der Waals surface area contributed by atoms with Gasteiger partial charge < -0.3 is 0 Å². The Morgan fingerprint density at radius 3 is 1.22 bits per heavy atom. The van der Waals surface area contributed by atoms with Crippen molar-refractivity contribution in [3.8, 4) is 0 Å². The standard InChI is InChI=1S/C25H22N2/c1-3-7-20(8-4-1)15-22-11-13-24(26-18-22)17-25-14-12-23(19-27-25)16-21-9-5-2-6-10-21/h1-14,18-19H,15-17H2. The van der Waals surface area contributed by atoms with Gasteiger partial charge in [0.25, 0.3) is 0 Å². The van der Waals surface area contributed by atoms with Crippen LogP contribution < -0.4 is 0 Å². The average Bonchev–Trinajstić information content (AvgIpc) is 2.73. The molecule has 2 heterocycles. The van der Waals surface area contributed by atoms with E-state index < -0.39 is 0 Å². The summed E-state index contributed by atoms with van der Waals surface area (Å²) in [6.07, 6.45) is 6.55. The summed E-state index contributed by atoms with van der Waals surface area (Å²) in [6, 6.07) is 29.5. The van der Waals surface area contributed by atoms with Crippen LogP contribution in [0.1, 0.15) is 33.6 Å². The van der Waals surface area contributed by atoms with E-state index in [9.17, 15) is 0 Å². The van der Waals surface area contributed by atoms with E-state index in [1.165, 1.54) is 22.3 Å². The molecule has 0 N–H and O–H groups in total. The van der Waals surface area contributed by atoms with Gasteiger partial charge in [0.2, 0.25) is 0 Å². The summed E-state index contributed by atoms with van der Waals surface area (Å²) in [7, 11) is 0. The summed E-state index contributed by atoms with van der Waals surface area (Å²) in [4.78, 5) is 9.24. The monoisotopic (exact) mass is 350 g/mol. The summed E-state index contributed by atoms with van der Waals surface area (Å²) in [5.74, 6) is 0. The minimum Gasteiger partial charge on any atom is -0.261 e. The second-order valence-electron chi connectivity index (χ2n) is 6.82.